The van der Waals surface area contributed by atoms with Crippen LogP contribution in [0.15, 0.2) is 29.4 Å². The molecule has 4 N–H and O–H groups in total. The van der Waals surface area contributed by atoms with Crippen LogP contribution in [-0.2, 0) is 9.53 Å². The number of carbonyl (C=O) groups excluding carboxylic acids is 1. The van der Waals surface area contributed by atoms with Crippen molar-refractivity contribution in [2.24, 2.45) is 10.8 Å². The number of nitrogens with one attached hydrogen (secondary N) is 2. The van der Waals surface area contributed by atoms with Crippen molar-refractivity contribution in [2.45, 2.75) is 12.8 Å². The second-order valence-electron chi connectivity index (χ2n) is 3.96. The van der Waals surface area contributed by atoms with Crippen LogP contribution in [0.5, 0.6) is 0 Å². The van der Waals surface area contributed by atoms with Crippen LogP contribution < -0.4 is 11.2 Å². The highest BCUT2D eigenvalue weighted by Gasteiger charge is 2.14. The molecule has 0 aliphatic heterocycles. The number of amidine groups is 1. The van der Waals surface area contributed by atoms with Crippen LogP contribution >= 0.6 is 0 Å². The van der Waals surface area contributed by atoms with Gasteiger partial charge in [0.05, 0.1) is 18.7 Å². The number of benzene rings is 1. The molecule has 20 heavy (non-hydrogen) atoms. The summed E-state index contributed by atoms with van der Waals surface area (Å²) in [5.41, 5.74) is 9.00. The van der Waals surface area contributed by atoms with Gasteiger partial charge in [-0.15, -0.1) is 0 Å². The molecule has 7 nitrogen and oxygen atoms in total. The van der Waals surface area contributed by atoms with Gasteiger partial charge in [0.25, 0.3) is 0 Å². The summed E-state index contributed by atoms with van der Waals surface area (Å²) in [6.45, 7) is 1.75. The maximum atomic E-state index is 11.4. The number of carbonyl (C=O) groups is 1. The Morgan fingerprint density at radius 3 is 2.55 bits per heavy atom. The molecule has 104 valence electrons. The largest absolute Gasteiger partial charge is 0.469 e. The minimum Gasteiger partial charge on any atom is -0.469 e. The third-order valence-electron chi connectivity index (χ3n) is 2.62. The molecular formula is C13H15N5O2. The molecule has 0 aromatic heterocycles. The Kier molecular flexibility index (Phi) is 5.23. The van der Waals surface area contributed by atoms with Crippen molar-refractivity contribution >= 4 is 23.2 Å². The van der Waals surface area contributed by atoms with E-state index in [9.17, 15) is 4.79 Å². The van der Waals surface area contributed by atoms with Gasteiger partial charge in [0.15, 0.2) is 5.84 Å². The van der Waals surface area contributed by atoms with E-state index in [2.05, 4.69) is 15.3 Å². The number of hydrogen-bond acceptors (Lipinski definition) is 6. The first kappa shape index (κ1) is 15.2. The van der Waals surface area contributed by atoms with E-state index in [4.69, 9.17) is 16.4 Å². The number of hydrogen-bond donors (Lipinski definition) is 3. The van der Waals surface area contributed by atoms with Crippen molar-refractivity contribution < 1.29 is 9.53 Å². The first-order valence-corrected chi connectivity index (χ1v) is 5.75. The van der Waals surface area contributed by atoms with Crippen molar-refractivity contribution in [3.63, 3.8) is 0 Å². The van der Waals surface area contributed by atoms with Gasteiger partial charge in [-0.3, -0.25) is 15.6 Å². The Morgan fingerprint density at radius 1 is 1.50 bits per heavy atom. The highest BCUT2D eigenvalue weighted by molar-refractivity contribution is 6.45. The zero-order chi connectivity index (χ0) is 15.1. The Morgan fingerprint density at radius 2 is 2.10 bits per heavy atom. The van der Waals surface area contributed by atoms with E-state index in [0.29, 0.717) is 5.69 Å². The second kappa shape index (κ2) is 6.89. The topological polar surface area (TPSA) is 124 Å². The van der Waals surface area contributed by atoms with Gasteiger partial charge in [-0.1, -0.05) is 12.1 Å². The lowest BCUT2D eigenvalue weighted by Crippen LogP contribution is -2.21. The molecule has 1 unspecified atom stereocenters. The lowest BCUT2D eigenvalue weighted by Gasteiger charge is -2.10. The van der Waals surface area contributed by atoms with Gasteiger partial charge >= 0.3 is 5.97 Å². The van der Waals surface area contributed by atoms with Gasteiger partial charge in [0, 0.05) is 0 Å². The van der Waals surface area contributed by atoms with Crippen molar-refractivity contribution in [3.8, 4) is 6.07 Å². The van der Waals surface area contributed by atoms with Crippen molar-refractivity contribution in [2.75, 3.05) is 12.5 Å². The molecule has 1 rings (SSSR count). The molecule has 1 aromatic carbocycles. The fraction of sp³-hybridized carbons (Fsp3) is 0.231. The fourth-order valence-electron chi connectivity index (χ4n) is 1.43. The number of ether oxygens (including phenoxy) is 1. The molecule has 1 atom stereocenters. The van der Waals surface area contributed by atoms with Crippen LogP contribution in [0.25, 0.3) is 0 Å². The zero-order valence-electron chi connectivity index (χ0n) is 11.2. The van der Waals surface area contributed by atoms with E-state index in [1.807, 2.05) is 0 Å². The van der Waals surface area contributed by atoms with Crippen molar-refractivity contribution in [1.29, 1.82) is 10.7 Å². The molecule has 0 amide bonds. The number of nitriles is 1. The number of nitrogens with zero attached hydrogens (tertiary/aromatic N) is 2. The first-order chi connectivity index (χ1) is 9.49. The van der Waals surface area contributed by atoms with E-state index in [1.165, 1.54) is 7.11 Å². The summed E-state index contributed by atoms with van der Waals surface area (Å²) in [5, 5.41) is 19.5. The van der Waals surface area contributed by atoms with Gasteiger partial charge in [0.2, 0.25) is 5.71 Å². The maximum Gasteiger partial charge on any atom is 0.312 e. The summed E-state index contributed by atoms with van der Waals surface area (Å²) in [6.07, 6.45) is 0. The summed E-state index contributed by atoms with van der Waals surface area (Å²) in [4.78, 5) is 11.4. The third-order valence-corrected chi connectivity index (χ3v) is 2.62. The molecule has 1 aromatic rings. The molecule has 0 aliphatic carbocycles. The predicted molar refractivity (Wildman–Crippen MR) is 75.5 cm³/mol. The molecule has 0 saturated heterocycles. The average Bonchev–Trinajstić information content (AvgIpc) is 2.46. The Hall–Kier alpha value is -2.88. The van der Waals surface area contributed by atoms with Crippen LogP contribution in [0.4, 0.5) is 5.69 Å². The highest BCUT2D eigenvalue weighted by Crippen LogP contribution is 2.19. The summed E-state index contributed by atoms with van der Waals surface area (Å²) >= 11 is 0. The summed E-state index contributed by atoms with van der Waals surface area (Å²) in [7, 11) is 1.34. The first-order valence-electron chi connectivity index (χ1n) is 5.75. The molecular weight excluding hydrogens is 258 g/mol. The molecule has 0 aliphatic rings. The van der Waals surface area contributed by atoms with Crippen LogP contribution in [-0.4, -0.2) is 24.6 Å². The van der Waals surface area contributed by atoms with E-state index < -0.39 is 5.84 Å². The van der Waals surface area contributed by atoms with Gasteiger partial charge in [0.1, 0.15) is 6.07 Å². The van der Waals surface area contributed by atoms with E-state index in [-0.39, 0.29) is 17.6 Å². The molecule has 0 saturated carbocycles. The lowest BCUT2D eigenvalue weighted by atomic mass is 10.0. The minimum atomic E-state index is -0.407. The van der Waals surface area contributed by atoms with Gasteiger partial charge in [-0.2, -0.15) is 10.4 Å². The molecule has 0 spiro atoms. The standard InChI is InChI=1S/C13H15N5O2/c1-8(13(19)20-2)9-3-5-10(6-4-9)17-18-11(7-14)12(15)16/h3-6,8,17H,1-2H3,(H3,15,16)/b18-11+. The summed E-state index contributed by atoms with van der Waals surface area (Å²) in [6, 6.07) is 8.60. The summed E-state index contributed by atoms with van der Waals surface area (Å²) < 4.78 is 4.67. The molecule has 0 heterocycles. The number of hydrazone groups is 1. The lowest BCUT2D eigenvalue weighted by molar-refractivity contribution is -0.141. The number of nitrogens with two attached hydrogens (primary N) is 1. The van der Waals surface area contributed by atoms with E-state index in [1.54, 1.807) is 37.3 Å². The maximum absolute atomic E-state index is 11.4. The molecule has 0 bridgehead atoms. The highest BCUT2D eigenvalue weighted by atomic mass is 16.5. The van der Waals surface area contributed by atoms with E-state index in [0.717, 1.165) is 5.56 Å². The van der Waals surface area contributed by atoms with Crippen molar-refractivity contribution in [3.05, 3.63) is 29.8 Å². The van der Waals surface area contributed by atoms with Crippen molar-refractivity contribution in [1.82, 2.24) is 0 Å². The average molecular weight is 273 g/mol. The third kappa shape index (κ3) is 3.81. The molecule has 0 radical (unpaired) electrons. The SMILES string of the molecule is COC(=O)C(C)c1ccc(N/N=C(\C#N)C(=N)N)cc1. The number of esters is 1. The van der Waals surface area contributed by atoms with Crippen LogP contribution in [0.2, 0.25) is 0 Å². The minimum absolute atomic E-state index is 0.197. The number of methoxy groups -OCH3 is 1. The Balaban J connectivity index is 2.80. The zero-order valence-corrected chi connectivity index (χ0v) is 11.2. The van der Waals surface area contributed by atoms with Crippen LogP contribution in [0, 0.1) is 16.7 Å². The quantitative estimate of drug-likeness (QED) is 0.321. The fourth-order valence-corrected chi connectivity index (χ4v) is 1.43. The van der Waals surface area contributed by atoms with Gasteiger partial charge in [-0.05, 0) is 24.6 Å². The van der Waals surface area contributed by atoms with E-state index >= 15 is 0 Å². The number of rotatable bonds is 5. The normalized spacial score (nSPS) is 12.2. The Bertz CT molecular complexity index is 571. The summed E-state index contributed by atoms with van der Waals surface area (Å²) in [5.74, 6) is -1.08. The Labute approximate surface area is 116 Å². The predicted octanol–water partition coefficient (Wildman–Crippen LogP) is 1.19. The van der Waals surface area contributed by atoms with Gasteiger partial charge < -0.3 is 10.5 Å². The molecule has 0 fully saturated rings. The van der Waals surface area contributed by atoms with Crippen LogP contribution in [0.3, 0.4) is 0 Å². The van der Waals surface area contributed by atoms with Gasteiger partial charge in [-0.25, -0.2) is 0 Å². The molecule has 7 heteroatoms. The number of anilines is 1. The smallest absolute Gasteiger partial charge is 0.312 e. The monoisotopic (exact) mass is 273 g/mol. The second-order valence-corrected chi connectivity index (χ2v) is 3.96. The van der Waals surface area contributed by atoms with Crippen LogP contribution in [0.1, 0.15) is 18.4 Å².